The fraction of sp³-hybridized carbons (Fsp3) is 0.235. The highest BCUT2D eigenvalue weighted by molar-refractivity contribution is 6.18. The van der Waals surface area contributed by atoms with Gasteiger partial charge in [0, 0.05) is 11.9 Å². The van der Waals surface area contributed by atoms with E-state index < -0.39 is 0 Å². The summed E-state index contributed by atoms with van der Waals surface area (Å²) >= 11 is 5.98. The molecule has 2 aromatic carbocycles. The molecule has 0 spiro atoms. The lowest BCUT2D eigenvalue weighted by atomic mass is 10.1. The van der Waals surface area contributed by atoms with Crippen LogP contribution in [0.3, 0.4) is 0 Å². The fourth-order valence-corrected chi connectivity index (χ4v) is 2.32. The van der Waals surface area contributed by atoms with E-state index in [1.165, 1.54) is 0 Å². The smallest absolute Gasteiger partial charge is 0.255 e. The van der Waals surface area contributed by atoms with Crippen molar-refractivity contribution in [1.29, 1.82) is 0 Å². The number of alkyl halides is 1. The number of rotatable bonds is 6. The van der Waals surface area contributed by atoms with Gasteiger partial charge < -0.3 is 10.1 Å². The average molecular weight is 304 g/mol. The van der Waals surface area contributed by atoms with E-state index in [-0.39, 0.29) is 11.9 Å². The van der Waals surface area contributed by atoms with Crippen molar-refractivity contribution in [2.24, 2.45) is 0 Å². The Morgan fingerprint density at radius 2 is 1.81 bits per heavy atom. The van der Waals surface area contributed by atoms with Gasteiger partial charge in [-0.25, -0.2) is 0 Å². The van der Waals surface area contributed by atoms with E-state index in [4.69, 9.17) is 16.3 Å². The molecule has 0 heterocycles. The summed E-state index contributed by atoms with van der Waals surface area (Å²) < 4.78 is 5.21. The molecule has 1 N–H and O–H groups in total. The molecule has 1 atom stereocenters. The van der Waals surface area contributed by atoms with E-state index in [1.54, 1.807) is 19.2 Å². The van der Waals surface area contributed by atoms with Crippen LogP contribution in [-0.2, 0) is 6.42 Å². The van der Waals surface area contributed by atoms with Crippen LogP contribution in [0.2, 0.25) is 0 Å². The Hall–Kier alpha value is -2.00. The number of benzene rings is 2. The normalized spacial score (nSPS) is 11.7. The third-order valence-electron chi connectivity index (χ3n) is 3.20. The molecule has 0 aromatic heterocycles. The number of amides is 1. The number of hydrogen-bond donors (Lipinski definition) is 1. The highest BCUT2D eigenvalue weighted by Gasteiger charge is 2.16. The van der Waals surface area contributed by atoms with Gasteiger partial charge in [-0.3, -0.25) is 4.79 Å². The van der Waals surface area contributed by atoms with Gasteiger partial charge in [0.05, 0.1) is 12.7 Å². The van der Waals surface area contributed by atoms with Crippen molar-refractivity contribution in [2.75, 3.05) is 13.0 Å². The summed E-state index contributed by atoms with van der Waals surface area (Å²) in [5, 5.41) is 2.96. The molecule has 1 unspecified atom stereocenters. The number of ether oxygens (including phenoxy) is 1. The quantitative estimate of drug-likeness (QED) is 0.832. The van der Waals surface area contributed by atoms with Crippen LogP contribution >= 0.6 is 11.6 Å². The zero-order valence-electron chi connectivity index (χ0n) is 11.9. The number of carbonyl (C=O) groups is 1. The van der Waals surface area contributed by atoms with Crippen LogP contribution in [0.4, 0.5) is 0 Å². The van der Waals surface area contributed by atoms with Crippen LogP contribution in [-0.4, -0.2) is 24.9 Å². The number of halogens is 1. The molecular weight excluding hydrogens is 286 g/mol. The molecule has 0 aliphatic rings. The predicted molar refractivity (Wildman–Crippen MR) is 85.1 cm³/mol. The molecule has 0 aliphatic carbocycles. The van der Waals surface area contributed by atoms with Crippen molar-refractivity contribution < 1.29 is 9.53 Å². The molecule has 2 aromatic rings. The molecule has 3 nitrogen and oxygen atoms in total. The van der Waals surface area contributed by atoms with Crippen molar-refractivity contribution in [1.82, 2.24) is 5.32 Å². The predicted octanol–water partition coefficient (Wildman–Crippen LogP) is 3.28. The fourth-order valence-electron chi connectivity index (χ4n) is 2.14. The lowest BCUT2D eigenvalue weighted by Crippen LogP contribution is -2.37. The van der Waals surface area contributed by atoms with Gasteiger partial charge in [-0.15, -0.1) is 11.6 Å². The van der Waals surface area contributed by atoms with E-state index in [2.05, 4.69) is 5.32 Å². The van der Waals surface area contributed by atoms with Crippen LogP contribution in [0.15, 0.2) is 54.6 Å². The van der Waals surface area contributed by atoms with Gasteiger partial charge in [-0.1, -0.05) is 42.5 Å². The van der Waals surface area contributed by atoms with Crippen LogP contribution < -0.4 is 10.1 Å². The molecule has 1 amide bonds. The Balaban J connectivity index is 2.06. The summed E-state index contributed by atoms with van der Waals surface area (Å²) in [7, 11) is 1.55. The summed E-state index contributed by atoms with van der Waals surface area (Å²) in [6, 6.07) is 17.0. The van der Waals surface area contributed by atoms with E-state index >= 15 is 0 Å². The number of methoxy groups -OCH3 is 1. The average Bonchev–Trinajstić information content (AvgIpc) is 2.55. The molecule has 0 radical (unpaired) electrons. The van der Waals surface area contributed by atoms with Crippen molar-refractivity contribution in [3.63, 3.8) is 0 Å². The van der Waals surface area contributed by atoms with Gasteiger partial charge in [0.1, 0.15) is 5.75 Å². The topological polar surface area (TPSA) is 38.3 Å². The maximum atomic E-state index is 12.3. The van der Waals surface area contributed by atoms with E-state index in [0.717, 1.165) is 5.56 Å². The second kappa shape index (κ2) is 7.70. The highest BCUT2D eigenvalue weighted by Crippen LogP contribution is 2.17. The first-order valence-electron chi connectivity index (χ1n) is 6.78. The lowest BCUT2D eigenvalue weighted by Gasteiger charge is -2.17. The molecule has 0 saturated carbocycles. The van der Waals surface area contributed by atoms with E-state index in [9.17, 15) is 4.79 Å². The Morgan fingerprint density at radius 1 is 1.14 bits per heavy atom. The van der Waals surface area contributed by atoms with E-state index in [0.29, 0.717) is 23.6 Å². The minimum atomic E-state index is -0.172. The van der Waals surface area contributed by atoms with Crippen molar-refractivity contribution in [2.45, 2.75) is 12.5 Å². The van der Waals surface area contributed by atoms with Gasteiger partial charge in [-0.05, 0) is 24.1 Å². The van der Waals surface area contributed by atoms with Crippen LogP contribution in [0.25, 0.3) is 0 Å². The Bertz CT molecular complexity index is 586. The lowest BCUT2D eigenvalue weighted by molar-refractivity contribution is 0.0937. The summed E-state index contributed by atoms with van der Waals surface area (Å²) in [5.74, 6) is 0.743. The SMILES string of the molecule is COc1ccccc1C(=O)NC(CCl)Cc1ccccc1. The molecule has 2 rings (SSSR count). The molecule has 0 aliphatic heterocycles. The largest absolute Gasteiger partial charge is 0.496 e. The Kier molecular flexibility index (Phi) is 5.64. The zero-order valence-corrected chi connectivity index (χ0v) is 12.6. The number of para-hydroxylation sites is 1. The summed E-state index contributed by atoms with van der Waals surface area (Å²) in [5.41, 5.74) is 1.66. The van der Waals surface area contributed by atoms with Crippen molar-refractivity contribution >= 4 is 17.5 Å². The summed E-state index contributed by atoms with van der Waals surface area (Å²) in [6.07, 6.45) is 0.700. The van der Waals surface area contributed by atoms with Gasteiger partial charge in [0.15, 0.2) is 0 Å². The first kappa shape index (κ1) is 15.4. The van der Waals surface area contributed by atoms with E-state index in [1.807, 2.05) is 42.5 Å². The monoisotopic (exact) mass is 303 g/mol. The minimum Gasteiger partial charge on any atom is -0.496 e. The summed E-state index contributed by atoms with van der Waals surface area (Å²) in [6.45, 7) is 0. The van der Waals surface area contributed by atoms with Crippen LogP contribution in [0, 0.1) is 0 Å². The first-order chi connectivity index (χ1) is 10.2. The van der Waals surface area contributed by atoms with Gasteiger partial charge in [-0.2, -0.15) is 0 Å². The molecule has 0 saturated heterocycles. The zero-order chi connectivity index (χ0) is 15.1. The Labute approximate surface area is 129 Å². The van der Waals surface area contributed by atoms with Gasteiger partial charge in [0.25, 0.3) is 5.91 Å². The molecule has 0 bridgehead atoms. The number of carbonyl (C=O) groups excluding carboxylic acids is 1. The first-order valence-corrected chi connectivity index (χ1v) is 7.32. The second-order valence-electron chi connectivity index (χ2n) is 4.71. The maximum absolute atomic E-state index is 12.3. The Morgan fingerprint density at radius 3 is 2.48 bits per heavy atom. The summed E-state index contributed by atoms with van der Waals surface area (Å²) in [4.78, 5) is 12.3. The van der Waals surface area contributed by atoms with Crippen molar-refractivity contribution in [3.8, 4) is 5.75 Å². The van der Waals surface area contributed by atoms with Gasteiger partial charge in [0.2, 0.25) is 0 Å². The third kappa shape index (κ3) is 4.23. The molecule has 0 fully saturated rings. The molecular formula is C17H18ClNO2. The highest BCUT2D eigenvalue weighted by atomic mass is 35.5. The third-order valence-corrected chi connectivity index (χ3v) is 3.57. The second-order valence-corrected chi connectivity index (χ2v) is 5.02. The van der Waals surface area contributed by atoms with Crippen LogP contribution in [0.5, 0.6) is 5.75 Å². The molecule has 21 heavy (non-hydrogen) atoms. The van der Waals surface area contributed by atoms with Gasteiger partial charge >= 0.3 is 0 Å². The number of hydrogen-bond acceptors (Lipinski definition) is 2. The standard InChI is InChI=1S/C17H18ClNO2/c1-21-16-10-6-5-9-15(16)17(20)19-14(12-18)11-13-7-3-2-4-8-13/h2-10,14H,11-12H2,1H3,(H,19,20). The molecule has 4 heteroatoms. The maximum Gasteiger partial charge on any atom is 0.255 e. The molecule has 110 valence electrons. The minimum absolute atomic E-state index is 0.119. The van der Waals surface area contributed by atoms with Crippen LogP contribution in [0.1, 0.15) is 15.9 Å². The van der Waals surface area contributed by atoms with Crippen molar-refractivity contribution in [3.05, 3.63) is 65.7 Å². The number of nitrogens with one attached hydrogen (secondary N) is 1.